The first-order chi connectivity index (χ1) is 17.5. The van der Waals surface area contributed by atoms with Gasteiger partial charge in [-0.2, -0.15) is 4.98 Å². The summed E-state index contributed by atoms with van der Waals surface area (Å²) in [4.78, 5) is 20.8. The molecular weight excluding hydrogens is 504 g/mol. The van der Waals surface area contributed by atoms with Crippen molar-refractivity contribution in [1.82, 2.24) is 15.1 Å². The number of benzene rings is 1. The normalized spacial score (nSPS) is 11.6. The number of carbonyl (C=O) groups excluding carboxylic acids is 1. The van der Waals surface area contributed by atoms with E-state index in [0.717, 1.165) is 23.5 Å². The molecule has 9 nitrogen and oxygen atoms in total. The first-order valence-corrected chi connectivity index (χ1v) is 12.1. The summed E-state index contributed by atoms with van der Waals surface area (Å²) in [6.45, 7) is 5.12. The number of aryl methyl sites for hydroxylation is 1. The monoisotopic (exact) mass is 529 g/mol. The minimum Gasteiger partial charge on any atom is -0.386 e. The maximum absolute atomic E-state index is 14.9. The lowest BCUT2D eigenvalue weighted by Crippen LogP contribution is -2.16. The molecule has 0 atom stereocenters. The van der Waals surface area contributed by atoms with Crippen molar-refractivity contribution < 1.29 is 27.9 Å². The van der Waals surface area contributed by atoms with E-state index in [9.17, 15) is 18.7 Å². The fraction of sp³-hybridized carbons (Fsp3) is 0.280. The predicted molar refractivity (Wildman–Crippen MR) is 133 cm³/mol. The number of hydrogen-bond acceptors (Lipinski definition) is 9. The lowest BCUT2D eigenvalue weighted by atomic mass is 9.96. The summed E-state index contributed by atoms with van der Waals surface area (Å²) in [7, 11) is 0. The standard InChI is InChI=1S/C25H25F2N5O4S/c1-13-29-21(36-32-13)12-35-8-7-15-5-4-6-20(30-15)31-24-16(23(28)33)11-19(37-24)22-17(26)9-14(10-18(22)27)25(2,3)34/h4-6,9-11,34H,7-8,12H2,1-3H3,(H2,28,33)(H,30,31). The Morgan fingerprint density at radius 1 is 1.22 bits per heavy atom. The van der Waals surface area contributed by atoms with Crippen LogP contribution in [0.1, 0.15) is 47.2 Å². The van der Waals surface area contributed by atoms with Gasteiger partial charge in [0.2, 0.25) is 0 Å². The molecule has 4 rings (SSSR count). The van der Waals surface area contributed by atoms with E-state index in [2.05, 4.69) is 20.4 Å². The summed E-state index contributed by atoms with van der Waals surface area (Å²) in [5.74, 6) is -1.16. The van der Waals surface area contributed by atoms with Crippen LogP contribution in [-0.4, -0.2) is 32.7 Å². The van der Waals surface area contributed by atoms with Gasteiger partial charge in [-0.05, 0) is 56.7 Å². The molecule has 37 heavy (non-hydrogen) atoms. The Bertz CT molecular complexity index is 1410. The van der Waals surface area contributed by atoms with E-state index in [1.54, 1.807) is 19.1 Å². The van der Waals surface area contributed by atoms with Crippen LogP contribution in [-0.2, 0) is 23.4 Å². The average molecular weight is 530 g/mol. The largest absolute Gasteiger partial charge is 0.386 e. The molecule has 3 aromatic heterocycles. The minimum atomic E-state index is -1.42. The fourth-order valence-electron chi connectivity index (χ4n) is 3.49. The number of primary amides is 1. The van der Waals surface area contributed by atoms with Gasteiger partial charge in [0.1, 0.15) is 29.1 Å². The van der Waals surface area contributed by atoms with E-state index in [4.69, 9.17) is 15.0 Å². The lowest BCUT2D eigenvalue weighted by Gasteiger charge is -2.18. The first-order valence-electron chi connectivity index (χ1n) is 11.3. The van der Waals surface area contributed by atoms with Gasteiger partial charge >= 0.3 is 0 Å². The highest BCUT2D eigenvalue weighted by Crippen LogP contribution is 2.40. The number of carbonyl (C=O) groups is 1. The molecule has 1 aromatic carbocycles. The Labute approximate surface area is 215 Å². The van der Waals surface area contributed by atoms with Crippen LogP contribution in [0.4, 0.5) is 19.6 Å². The number of anilines is 2. The molecule has 0 aliphatic rings. The quantitative estimate of drug-likeness (QED) is 0.253. The Kier molecular flexibility index (Phi) is 7.62. The number of ether oxygens (including phenoxy) is 1. The summed E-state index contributed by atoms with van der Waals surface area (Å²) in [6, 6.07) is 8.75. The Morgan fingerprint density at radius 3 is 2.57 bits per heavy atom. The van der Waals surface area contributed by atoms with Gasteiger partial charge < -0.3 is 25.4 Å². The van der Waals surface area contributed by atoms with E-state index in [1.807, 2.05) is 6.07 Å². The van der Waals surface area contributed by atoms with Crippen molar-refractivity contribution in [3.63, 3.8) is 0 Å². The van der Waals surface area contributed by atoms with Crippen LogP contribution < -0.4 is 11.1 Å². The molecule has 0 fully saturated rings. The molecule has 194 valence electrons. The van der Waals surface area contributed by atoms with Crippen LogP contribution in [0, 0.1) is 18.6 Å². The van der Waals surface area contributed by atoms with Crippen molar-refractivity contribution in [2.45, 2.75) is 39.4 Å². The van der Waals surface area contributed by atoms with Crippen LogP contribution in [0.3, 0.4) is 0 Å². The van der Waals surface area contributed by atoms with Crippen molar-refractivity contribution in [2.75, 3.05) is 11.9 Å². The topological polar surface area (TPSA) is 136 Å². The zero-order valence-corrected chi connectivity index (χ0v) is 21.2. The molecule has 0 bridgehead atoms. The lowest BCUT2D eigenvalue weighted by molar-refractivity contribution is 0.0778. The van der Waals surface area contributed by atoms with Gasteiger partial charge in [-0.1, -0.05) is 11.2 Å². The van der Waals surface area contributed by atoms with Crippen LogP contribution in [0.15, 0.2) is 40.9 Å². The number of aromatic nitrogens is 3. The van der Waals surface area contributed by atoms with E-state index >= 15 is 0 Å². The van der Waals surface area contributed by atoms with Gasteiger partial charge in [0, 0.05) is 17.0 Å². The Morgan fingerprint density at radius 2 is 1.95 bits per heavy atom. The third-order valence-corrected chi connectivity index (χ3v) is 6.41. The van der Waals surface area contributed by atoms with Crippen molar-refractivity contribution >= 4 is 28.1 Å². The molecule has 1 amide bonds. The fourth-order valence-corrected chi connectivity index (χ4v) is 4.61. The highest BCUT2D eigenvalue weighted by atomic mass is 32.1. The molecule has 3 heterocycles. The predicted octanol–water partition coefficient (Wildman–Crippen LogP) is 4.61. The van der Waals surface area contributed by atoms with Crippen molar-refractivity contribution in [3.05, 3.63) is 76.6 Å². The second-order valence-corrected chi connectivity index (χ2v) is 9.82. The molecule has 0 unspecified atom stereocenters. The summed E-state index contributed by atoms with van der Waals surface area (Å²) < 4.78 is 40.3. The van der Waals surface area contributed by atoms with Gasteiger partial charge in [0.05, 0.1) is 23.3 Å². The molecule has 0 spiro atoms. The SMILES string of the molecule is Cc1noc(COCCc2cccc(Nc3sc(-c4c(F)cc(C(C)(C)O)cc4F)cc3C(N)=O)n2)n1. The van der Waals surface area contributed by atoms with Crippen LogP contribution in [0.2, 0.25) is 0 Å². The molecule has 0 saturated heterocycles. The highest BCUT2D eigenvalue weighted by Gasteiger charge is 2.24. The number of amides is 1. The number of hydrogen-bond donors (Lipinski definition) is 3. The first kappa shape index (κ1) is 26.3. The molecule has 0 aliphatic heterocycles. The van der Waals surface area contributed by atoms with Crippen molar-refractivity contribution in [1.29, 1.82) is 0 Å². The Balaban J connectivity index is 1.51. The van der Waals surface area contributed by atoms with Crippen LogP contribution >= 0.6 is 11.3 Å². The summed E-state index contributed by atoms with van der Waals surface area (Å²) >= 11 is 0.962. The summed E-state index contributed by atoms with van der Waals surface area (Å²) in [6.07, 6.45) is 0.491. The second kappa shape index (κ2) is 10.7. The van der Waals surface area contributed by atoms with E-state index in [0.29, 0.717) is 41.3 Å². The maximum Gasteiger partial charge on any atom is 0.252 e. The molecule has 0 aliphatic carbocycles. The molecule has 0 radical (unpaired) electrons. The third kappa shape index (κ3) is 6.34. The average Bonchev–Trinajstić information content (AvgIpc) is 3.42. The number of rotatable bonds is 10. The number of nitrogens with zero attached hydrogens (tertiary/aromatic N) is 3. The third-order valence-electron chi connectivity index (χ3n) is 5.34. The molecular formula is C25H25F2N5O4S. The van der Waals surface area contributed by atoms with Crippen molar-refractivity contribution in [2.24, 2.45) is 5.73 Å². The number of thiophene rings is 1. The van der Waals surface area contributed by atoms with E-state index < -0.39 is 23.1 Å². The summed E-state index contributed by atoms with van der Waals surface area (Å²) in [5.41, 5.74) is 4.66. The number of nitrogens with one attached hydrogen (secondary N) is 1. The van der Waals surface area contributed by atoms with Gasteiger partial charge in [-0.25, -0.2) is 13.8 Å². The number of halogens is 2. The molecule has 12 heteroatoms. The van der Waals surface area contributed by atoms with Crippen LogP contribution in [0.5, 0.6) is 0 Å². The van der Waals surface area contributed by atoms with Gasteiger partial charge in [0.25, 0.3) is 11.8 Å². The van der Waals surface area contributed by atoms with Crippen molar-refractivity contribution in [3.8, 4) is 10.4 Å². The number of pyridine rings is 1. The zero-order chi connectivity index (χ0) is 26.7. The van der Waals surface area contributed by atoms with E-state index in [-0.39, 0.29) is 28.2 Å². The molecule has 4 aromatic rings. The van der Waals surface area contributed by atoms with Gasteiger partial charge in [0.15, 0.2) is 5.82 Å². The molecule has 4 N–H and O–H groups in total. The maximum atomic E-state index is 14.9. The van der Waals surface area contributed by atoms with E-state index in [1.165, 1.54) is 19.9 Å². The number of aliphatic hydroxyl groups is 1. The van der Waals surface area contributed by atoms with Gasteiger partial charge in [-0.15, -0.1) is 11.3 Å². The second-order valence-electron chi connectivity index (χ2n) is 8.77. The highest BCUT2D eigenvalue weighted by molar-refractivity contribution is 7.20. The number of nitrogens with two attached hydrogens (primary N) is 1. The summed E-state index contributed by atoms with van der Waals surface area (Å²) in [5, 5.41) is 17.1. The van der Waals surface area contributed by atoms with Crippen LogP contribution in [0.25, 0.3) is 10.4 Å². The smallest absolute Gasteiger partial charge is 0.252 e. The van der Waals surface area contributed by atoms with Gasteiger partial charge in [-0.3, -0.25) is 4.79 Å². The molecule has 0 saturated carbocycles. The zero-order valence-electron chi connectivity index (χ0n) is 20.3. The Hall–Kier alpha value is -3.74. The minimum absolute atomic E-state index is 0.0655.